The van der Waals surface area contributed by atoms with Gasteiger partial charge in [-0.15, -0.1) is 12.4 Å². The van der Waals surface area contributed by atoms with E-state index in [0.29, 0.717) is 12.3 Å². The summed E-state index contributed by atoms with van der Waals surface area (Å²) in [6.45, 7) is 1.57. The topological polar surface area (TPSA) is 41.5 Å². The molecule has 0 saturated carbocycles. The van der Waals surface area contributed by atoms with Gasteiger partial charge in [-0.3, -0.25) is 0 Å². The summed E-state index contributed by atoms with van der Waals surface area (Å²) in [6.07, 6.45) is 2.07. The number of rotatable bonds is 6. The maximum absolute atomic E-state index is 9.88. The Labute approximate surface area is 121 Å². The third-order valence-electron chi connectivity index (χ3n) is 2.14. The molecule has 6 heteroatoms. The van der Waals surface area contributed by atoms with Gasteiger partial charge in [0.25, 0.3) is 0 Å². The van der Waals surface area contributed by atoms with E-state index in [0.717, 1.165) is 22.3 Å². The summed E-state index contributed by atoms with van der Waals surface area (Å²) in [5.74, 6) is 1.77. The molecule has 1 rings (SSSR count). The van der Waals surface area contributed by atoms with Crippen LogP contribution in [-0.4, -0.2) is 30.8 Å². The highest BCUT2D eigenvalue weighted by Gasteiger charge is 2.09. The minimum atomic E-state index is 0. The normalized spacial score (nSPS) is 9.82. The van der Waals surface area contributed by atoms with E-state index in [1.807, 2.05) is 6.07 Å². The molecule has 0 aromatic heterocycles. The third-order valence-corrected chi connectivity index (χ3v) is 3.21. The van der Waals surface area contributed by atoms with E-state index in [-0.39, 0.29) is 18.2 Å². The van der Waals surface area contributed by atoms with Crippen molar-refractivity contribution in [3.63, 3.8) is 0 Å². The van der Waals surface area contributed by atoms with Gasteiger partial charge in [0.1, 0.15) is 0 Å². The van der Waals surface area contributed by atoms with Crippen LogP contribution in [-0.2, 0) is 6.54 Å². The largest absolute Gasteiger partial charge is 0.504 e. The van der Waals surface area contributed by atoms with Crippen LogP contribution in [0.4, 0.5) is 0 Å². The van der Waals surface area contributed by atoms with Crippen molar-refractivity contribution in [2.45, 2.75) is 6.54 Å². The lowest BCUT2D eigenvalue weighted by atomic mass is 10.2. The second kappa shape index (κ2) is 8.91. The minimum Gasteiger partial charge on any atom is -0.504 e. The first-order chi connectivity index (χ1) is 7.69. The van der Waals surface area contributed by atoms with E-state index in [2.05, 4.69) is 27.5 Å². The molecule has 17 heavy (non-hydrogen) atoms. The van der Waals surface area contributed by atoms with Crippen molar-refractivity contribution in [2.24, 2.45) is 0 Å². The van der Waals surface area contributed by atoms with Gasteiger partial charge in [-0.1, -0.05) is 15.9 Å². The Morgan fingerprint density at radius 2 is 2.18 bits per heavy atom. The Morgan fingerprint density at radius 1 is 1.47 bits per heavy atom. The van der Waals surface area contributed by atoms with Crippen molar-refractivity contribution >= 4 is 40.1 Å². The van der Waals surface area contributed by atoms with E-state index in [1.54, 1.807) is 24.9 Å². The molecule has 3 nitrogen and oxygen atoms in total. The van der Waals surface area contributed by atoms with Crippen LogP contribution in [0.15, 0.2) is 16.6 Å². The fourth-order valence-electron chi connectivity index (χ4n) is 1.32. The standard InChI is InChI=1S/C11H16BrNO2S.ClH/c1-15-10-6-9(12)5-8(11(10)14)7-13-3-4-16-2;/h5-6,13-14H,3-4,7H2,1-2H3;1H. The zero-order valence-corrected chi connectivity index (χ0v) is 13.0. The first kappa shape index (κ1) is 16.9. The number of hydrogen-bond donors (Lipinski definition) is 2. The molecule has 0 aliphatic rings. The smallest absolute Gasteiger partial charge is 0.162 e. The van der Waals surface area contributed by atoms with Crippen LogP contribution in [0.3, 0.4) is 0 Å². The van der Waals surface area contributed by atoms with E-state index in [9.17, 15) is 5.11 Å². The van der Waals surface area contributed by atoms with Crippen LogP contribution in [0.2, 0.25) is 0 Å². The summed E-state index contributed by atoms with van der Waals surface area (Å²) in [6, 6.07) is 3.64. The Bertz CT molecular complexity index is 352. The second-order valence-corrected chi connectivity index (χ2v) is 5.19. The lowest BCUT2D eigenvalue weighted by molar-refractivity contribution is 0.369. The van der Waals surface area contributed by atoms with Gasteiger partial charge in [0.2, 0.25) is 0 Å². The van der Waals surface area contributed by atoms with Crippen LogP contribution in [0.5, 0.6) is 11.5 Å². The van der Waals surface area contributed by atoms with E-state index in [1.165, 1.54) is 0 Å². The number of benzene rings is 1. The number of thioether (sulfide) groups is 1. The molecule has 0 bridgehead atoms. The molecule has 0 heterocycles. The van der Waals surface area contributed by atoms with Gasteiger partial charge in [-0.25, -0.2) is 0 Å². The molecular formula is C11H17BrClNO2S. The summed E-state index contributed by atoms with van der Waals surface area (Å²) < 4.78 is 5.99. The lowest BCUT2D eigenvalue weighted by Crippen LogP contribution is -2.16. The average Bonchev–Trinajstić information content (AvgIpc) is 2.28. The van der Waals surface area contributed by atoms with Gasteiger partial charge in [-0.2, -0.15) is 11.8 Å². The SMILES string of the molecule is COc1cc(Br)cc(CNCCSC)c1O.Cl. The van der Waals surface area contributed by atoms with Crippen LogP contribution in [0, 0.1) is 0 Å². The first-order valence-corrected chi connectivity index (χ1v) is 7.12. The number of phenolic OH excluding ortho intramolecular Hbond substituents is 1. The molecule has 0 radical (unpaired) electrons. The van der Waals surface area contributed by atoms with E-state index in [4.69, 9.17) is 4.74 Å². The maximum Gasteiger partial charge on any atom is 0.162 e. The predicted octanol–water partition coefficient (Wildman–Crippen LogP) is 3.04. The molecule has 1 aromatic carbocycles. The molecule has 1 aromatic rings. The molecule has 0 saturated heterocycles. The molecule has 0 amide bonds. The Kier molecular flexibility index (Phi) is 8.86. The van der Waals surface area contributed by atoms with Crippen LogP contribution >= 0.6 is 40.1 Å². The molecule has 0 spiro atoms. The summed E-state index contributed by atoms with van der Waals surface area (Å²) in [7, 11) is 1.55. The highest BCUT2D eigenvalue weighted by atomic mass is 79.9. The number of phenols is 1. The van der Waals surface area contributed by atoms with Crippen molar-refractivity contribution in [1.29, 1.82) is 0 Å². The van der Waals surface area contributed by atoms with Crippen LogP contribution in [0.1, 0.15) is 5.56 Å². The Hall–Kier alpha value is -0.100. The number of hydrogen-bond acceptors (Lipinski definition) is 4. The molecule has 0 unspecified atom stereocenters. The lowest BCUT2D eigenvalue weighted by Gasteiger charge is -2.10. The molecule has 2 N–H and O–H groups in total. The quantitative estimate of drug-likeness (QED) is 0.780. The fraction of sp³-hybridized carbons (Fsp3) is 0.455. The number of ether oxygens (including phenoxy) is 1. The summed E-state index contributed by atoms with van der Waals surface area (Å²) in [4.78, 5) is 0. The van der Waals surface area contributed by atoms with Crippen LogP contribution < -0.4 is 10.1 Å². The number of nitrogens with one attached hydrogen (secondary N) is 1. The molecular weight excluding hydrogens is 326 g/mol. The maximum atomic E-state index is 9.88. The third kappa shape index (κ3) is 5.38. The number of halogens is 2. The van der Waals surface area contributed by atoms with Gasteiger partial charge in [0, 0.05) is 28.9 Å². The van der Waals surface area contributed by atoms with Gasteiger partial charge < -0.3 is 15.2 Å². The van der Waals surface area contributed by atoms with Crippen molar-refractivity contribution < 1.29 is 9.84 Å². The zero-order valence-electron chi connectivity index (χ0n) is 9.83. The molecule has 0 atom stereocenters. The van der Waals surface area contributed by atoms with Crippen molar-refractivity contribution in [2.75, 3.05) is 25.7 Å². The molecule has 0 fully saturated rings. The van der Waals surface area contributed by atoms with E-state index >= 15 is 0 Å². The van der Waals surface area contributed by atoms with Gasteiger partial charge in [-0.05, 0) is 18.4 Å². The second-order valence-electron chi connectivity index (χ2n) is 3.29. The van der Waals surface area contributed by atoms with Gasteiger partial charge >= 0.3 is 0 Å². The Morgan fingerprint density at radius 3 is 2.76 bits per heavy atom. The Balaban J connectivity index is 0.00000256. The van der Waals surface area contributed by atoms with Crippen molar-refractivity contribution in [3.8, 4) is 11.5 Å². The highest BCUT2D eigenvalue weighted by molar-refractivity contribution is 9.10. The van der Waals surface area contributed by atoms with Gasteiger partial charge in [0.05, 0.1) is 7.11 Å². The van der Waals surface area contributed by atoms with E-state index < -0.39 is 0 Å². The average molecular weight is 343 g/mol. The summed E-state index contributed by atoms with van der Waals surface area (Å²) in [5, 5.41) is 13.1. The molecule has 98 valence electrons. The van der Waals surface area contributed by atoms with Crippen molar-refractivity contribution in [1.82, 2.24) is 5.32 Å². The summed E-state index contributed by atoms with van der Waals surface area (Å²) in [5.41, 5.74) is 0.840. The molecule has 0 aliphatic carbocycles. The van der Waals surface area contributed by atoms with Crippen LogP contribution in [0.25, 0.3) is 0 Å². The zero-order chi connectivity index (χ0) is 12.0. The highest BCUT2D eigenvalue weighted by Crippen LogP contribution is 2.33. The monoisotopic (exact) mass is 341 g/mol. The van der Waals surface area contributed by atoms with Gasteiger partial charge in [0.15, 0.2) is 11.5 Å². The fourth-order valence-corrected chi connectivity index (χ4v) is 2.15. The predicted molar refractivity (Wildman–Crippen MR) is 79.7 cm³/mol. The van der Waals surface area contributed by atoms with Crippen molar-refractivity contribution in [3.05, 3.63) is 22.2 Å². The summed E-state index contributed by atoms with van der Waals surface area (Å²) >= 11 is 5.18. The number of aromatic hydroxyl groups is 1. The minimum absolute atomic E-state index is 0. The number of methoxy groups -OCH3 is 1. The first-order valence-electron chi connectivity index (χ1n) is 4.94. The molecule has 0 aliphatic heterocycles.